The van der Waals surface area contributed by atoms with Gasteiger partial charge in [0, 0.05) is 30.4 Å². The minimum Gasteiger partial charge on any atom is -0.497 e. The van der Waals surface area contributed by atoms with Crippen molar-refractivity contribution in [1.29, 1.82) is 0 Å². The second-order valence-corrected chi connectivity index (χ2v) is 7.13. The normalized spacial score (nSPS) is 14.4. The summed E-state index contributed by atoms with van der Waals surface area (Å²) in [5, 5.41) is 2.96. The Balaban J connectivity index is 1.56. The number of nitrogens with zero attached hydrogens (tertiary/aromatic N) is 3. The van der Waals surface area contributed by atoms with Crippen LogP contribution in [0.5, 0.6) is 5.75 Å². The zero-order valence-corrected chi connectivity index (χ0v) is 15.9. The summed E-state index contributed by atoms with van der Waals surface area (Å²) in [6.45, 7) is 7.27. The maximum atomic E-state index is 12.5. The average Bonchev–Trinajstić information content (AvgIpc) is 3.04. The Morgan fingerprint density at radius 1 is 1.15 bits per heavy atom. The van der Waals surface area contributed by atoms with Crippen LogP contribution in [0, 0.1) is 0 Å². The third kappa shape index (κ3) is 3.40. The monoisotopic (exact) mass is 364 g/mol. The van der Waals surface area contributed by atoms with Crippen molar-refractivity contribution in [3.05, 3.63) is 53.9 Å². The van der Waals surface area contributed by atoms with Crippen LogP contribution in [-0.4, -0.2) is 40.1 Å². The van der Waals surface area contributed by atoms with E-state index in [1.54, 1.807) is 31.4 Å². The minimum atomic E-state index is -0.146. The highest BCUT2D eigenvalue weighted by molar-refractivity contribution is 6.05. The Labute approximate surface area is 158 Å². The highest BCUT2D eigenvalue weighted by Crippen LogP contribution is 2.25. The number of fused-ring (bicyclic) bond motifs is 3. The van der Waals surface area contributed by atoms with Crippen LogP contribution < -0.4 is 10.1 Å². The molecular formula is C21H24N4O2. The van der Waals surface area contributed by atoms with Crippen molar-refractivity contribution in [3.8, 4) is 5.75 Å². The van der Waals surface area contributed by atoms with Gasteiger partial charge in [0.15, 0.2) is 0 Å². The van der Waals surface area contributed by atoms with Crippen LogP contribution in [0.25, 0.3) is 11.0 Å². The molecule has 2 heterocycles. The number of methoxy groups -OCH3 is 1. The zero-order chi connectivity index (χ0) is 19.0. The molecule has 0 aliphatic carbocycles. The molecule has 0 atom stereocenters. The molecule has 0 spiro atoms. The minimum absolute atomic E-state index is 0.146. The van der Waals surface area contributed by atoms with Gasteiger partial charge in [0.05, 0.1) is 24.7 Å². The lowest BCUT2D eigenvalue weighted by Gasteiger charge is -2.30. The number of rotatable bonds is 4. The van der Waals surface area contributed by atoms with Crippen molar-refractivity contribution in [3.63, 3.8) is 0 Å². The number of anilines is 1. The molecule has 27 heavy (non-hydrogen) atoms. The maximum Gasteiger partial charge on any atom is 0.255 e. The van der Waals surface area contributed by atoms with Gasteiger partial charge in [-0.25, -0.2) is 4.98 Å². The van der Waals surface area contributed by atoms with Crippen LogP contribution in [0.4, 0.5) is 5.69 Å². The van der Waals surface area contributed by atoms with Crippen LogP contribution >= 0.6 is 0 Å². The molecule has 0 saturated heterocycles. The molecule has 6 heteroatoms. The molecule has 1 N–H and O–H groups in total. The summed E-state index contributed by atoms with van der Waals surface area (Å²) in [5.41, 5.74) is 3.38. The van der Waals surface area contributed by atoms with Crippen LogP contribution in [0.1, 0.15) is 30.0 Å². The van der Waals surface area contributed by atoms with Crippen LogP contribution in [-0.2, 0) is 13.1 Å². The summed E-state index contributed by atoms with van der Waals surface area (Å²) in [5.74, 6) is 1.67. The fourth-order valence-corrected chi connectivity index (χ4v) is 3.50. The van der Waals surface area contributed by atoms with E-state index in [4.69, 9.17) is 9.72 Å². The van der Waals surface area contributed by atoms with Gasteiger partial charge in [-0.05, 0) is 56.3 Å². The number of aromatic nitrogens is 2. The van der Waals surface area contributed by atoms with Gasteiger partial charge < -0.3 is 14.6 Å². The van der Waals surface area contributed by atoms with E-state index in [2.05, 4.69) is 28.6 Å². The first kappa shape index (κ1) is 17.5. The third-order valence-electron chi connectivity index (χ3n) is 5.12. The number of ether oxygens (including phenoxy) is 1. The molecule has 1 amide bonds. The summed E-state index contributed by atoms with van der Waals surface area (Å²) in [7, 11) is 1.61. The molecule has 2 aromatic carbocycles. The largest absolute Gasteiger partial charge is 0.497 e. The average molecular weight is 364 g/mol. The zero-order valence-electron chi connectivity index (χ0n) is 15.9. The first-order valence-corrected chi connectivity index (χ1v) is 9.24. The van der Waals surface area contributed by atoms with E-state index in [0.717, 1.165) is 47.9 Å². The van der Waals surface area contributed by atoms with Gasteiger partial charge in [-0.2, -0.15) is 0 Å². The molecule has 0 fully saturated rings. The van der Waals surface area contributed by atoms with Crippen LogP contribution in [0.3, 0.4) is 0 Å². The van der Waals surface area contributed by atoms with Crippen molar-refractivity contribution >= 4 is 22.6 Å². The molecule has 1 aromatic heterocycles. The Morgan fingerprint density at radius 3 is 2.63 bits per heavy atom. The molecular weight excluding hydrogens is 340 g/mol. The Hall–Kier alpha value is -2.86. The van der Waals surface area contributed by atoms with Gasteiger partial charge in [-0.15, -0.1) is 0 Å². The predicted molar refractivity (Wildman–Crippen MR) is 106 cm³/mol. The number of nitrogens with one attached hydrogen (secondary N) is 1. The van der Waals surface area contributed by atoms with E-state index in [1.165, 1.54) is 0 Å². The van der Waals surface area contributed by atoms with E-state index in [-0.39, 0.29) is 5.91 Å². The van der Waals surface area contributed by atoms with Crippen LogP contribution in [0.15, 0.2) is 42.5 Å². The van der Waals surface area contributed by atoms with Crippen molar-refractivity contribution in [2.24, 2.45) is 0 Å². The molecule has 0 saturated carbocycles. The highest BCUT2D eigenvalue weighted by atomic mass is 16.5. The topological polar surface area (TPSA) is 59.4 Å². The first-order valence-electron chi connectivity index (χ1n) is 9.24. The predicted octanol–water partition coefficient (Wildman–Crippen LogP) is 3.52. The summed E-state index contributed by atoms with van der Waals surface area (Å²) >= 11 is 0. The quantitative estimate of drug-likeness (QED) is 0.769. The van der Waals surface area contributed by atoms with Crippen molar-refractivity contribution < 1.29 is 9.53 Å². The molecule has 0 radical (unpaired) electrons. The lowest BCUT2D eigenvalue weighted by Crippen LogP contribution is -2.38. The molecule has 1 aliphatic heterocycles. The van der Waals surface area contributed by atoms with Crippen molar-refractivity contribution in [2.75, 3.05) is 19.0 Å². The maximum absolute atomic E-state index is 12.5. The van der Waals surface area contributed by atoms with Gasteiger partial charge in [0.1, 0.15) is 11.6 Å². The molecule has 0 unspecified atom stereocenters. The van der Waals surface area contributed by atoms with Gasteiger partial charge in [0.2, 0.25) is 0 Å². The molecule has 3 aromatic rings. The summed E-state index contributed by atoms with van der Waals surface area (Å²) in [4.78, 5) is 19.7. The fraction of sp³-hybridized carbons (Fsp3) is 0.333. The van der Waals surface area contributed by atoms with E-state index in [1.807, 2.05) is 18.2 Å². The molecule has 140 valence electrons. The van der Waals surface area contributed by atoms with Gasteiger partial charge in [-0.1, -0.05) is 0 Å². The molecule has 6 nitrogen and oxygen atoms in total. The van der Waals surface area contributed by atoms with Crippen molar-refractivity contribution in [1.82, 2.24) is 14.5 Å². The fourth-order valence-electron chi connectivity index (χ4n) is 3.50. The summed E-state index contributed by atoms with van der Waals surface area (Å²) in [6.07, 6.45) is 0. The standard InChI is InChI=1S/C21H24N4O2/c1-14(2)24-10-11-25-19-9-6-16(12-18(19)23-20(25)13-24)22-21(26)15-4-7-17(27-3)8-5-15/h4-9,12,14H,10-11,13H2,1-3H3,(H,22,26). The Morgan fingerprint density at radius 2 is 1.93 bits per heavy atom. The van der Waals surface area contributed by atoms with E-state index < -0.39 is 0 Å². The van der Waals surface area contributed by atoms with Gasteiger partial charge in [0.25, 0.3) is 5.91 Å². The highest BCUT2D eigenvalue weighted by Gasteiger charge is 2.21. The molecule has 0 bridgehead atoms. The Kier molecular flexibility index (Phi) is 4.58. The second-order valence-electron chi connectivity index (χ2n) is 7.13. The lowest BCUT2D eigenvalue weighted by molar-refractivity contribution is 0.102. The number of carbonyl (C=O) groups excluding carboxylic acids is 1. The first-order chi connectivity index (χ1) is 13.0. The summed E-state index contributed by atoms with van der Waals surface area (Å²) in [6, 6.07) is 13.5. The summed E-state index contributed by atoms with van der Waals surface area (Å²) < 4.78 is 7.41. The third-order valence-corrected chi connectivity index (χ3v) is 5.12. The van der Waals surface area contributed by atoms with Gasteiger partial charge in [-0.3, -0.25) is 9.69 Å². The van der Waals surface area contributed by atoms with Gasteiger partial charge >= 0.3 is 0 Å². The van der Waals surface area contributed by atoms with E-state index >= 15 is 0 Å². The smallest absolute Gasteiger partial charge is 0.255 e. The number of hydrogen-bond donors (Lipinski definition) is 1. The molecule has 1 aliphatic rings. The van der Waals surface area contributed by atoms with Crippen molar-refractivity contribution in [2.45, 2.75) is 33.0 Å². The number of benzene rings is 2. The number of imidazole rings is 1. The lowest BCUT2D eigenvalue weighted by atomic mass is 10.2. The van der Waals surface area contributed by atoms with Crippen LogP contribution in [0.2, 0.25) is 0 Å². The van der Waals surface area contributed by atoms with E-state index in [0.29, 0.717) is 11.6 Å². The number of hydrogen-bond acceptors (Lipinski definition) is 4. The Bertz CT molecular complexity index is 976. The number of carbonyl (C=O) groups is 1. The van der Waals surface area contributed by atoms with E-state index in [9.17, 15) is 4.79 Å². The number of amides is 1. The molecule has 4 rings (SSSR count). The second kappa shape index (κ2) is 7.04. The SMILES string of the molecule is COc1ccc(C(=O)Nc2ccc3c(c2)nc2n3CCN(C(C)C)C2)cc1.